The highest BCUT2D eigenvalue weighted by molar-refractivity contribution is 5.87. The maximum Gasteiger partial charge on any atom is 0.254 e. The van der Waals surface area contributed by atoms with Crippen molar-refractivity contribution in [2.45, 2.75) is 44.1 Å². The molecule has 3 rings (SSSR count). The Kier molecular flexibility index (Phi) is 5.21. The fourth-order valence-corrected chi connectivity index (χ4v) is 3.71. The quantitative estimate of drug-likeness (QED) is 0.774. The van der Waals surface area contributed by atoms with Gasteiger partial charge in [-0.1, -0.05) is 0 Å². The van der Waals surface area contributed by atoms with Crippen LogP contribution in [0.4, 0.5) is 0 Å². The van der Waals surface area contributed by atoms with Crippen molar-refractivity contribution in [1.82, 2.24) is 15.5 Å². The Hall–Kier alpha value is -1.14. The van der Waals surface area contributed by atoms with Gasteiger partial charge in [0.25, 0.3) is 5.91 Å². The number of ether oxygens (including phenoxy) is 1. The van der Waals surface area contributed by atoms with Gasteiger partial charge in [0, 0.05) is 26.7 Å². The summed E-state index contributed by atoms with van der Waals surface area (Å²) in [6, 6.07) is 0. The van der Waals surface area contributed by atoms with Crippen LogP contribution in [0.15, 0.2) is 0 Å². The van der Waals surface area contributed by atoms with Gasteiger partial charge in [-0.25, -0.2) is 0 Å². The molecule has 3 fully saturated rings. The molecule has 2 aliphatic heterocycles. The van der Waals surface area contributed by atoms with E-state index in [1.54, 1.807) is 7.11 Å². The summed E-state index contributed by atoms with van der Waals surface area (Å²) in [7, 11) is 1.63. The fourth-order valence-electron chi connectivity index (χ4n) is 3.71. The third-order valence-corrected chi connectivity index (χ3v) is 5.53. The lowest BCUT2D eigenvalue weighted by Gasteiger charge is -2.41. The normalized spacial score (nSPS) is 27.5. The van der Waals surface area contributed by atoms with Crippen molar-refractivity contribution in [2.24, 2.45) is 11.8 Å². The van der Waals surface area contributed by atoms with Gasteiger partial charge in [-0.2, -0.15) is 0 Å². The Morgan fingerprint density at radius 2 is 2.00 bits per heavy atom. The van der Waals surface area contributed by atoms with Crippen molar-refractivity contribution >= 4 is 11.8 Å². The van der Waals surface area contributed by atoms with Crippen LogP contribution in [0, 0.1) is 11.8 Å². The second-order valence-corrected chi connectivity index (χ2v) is 7.23. The van der Waals surface area contributed by atoms with Crippen LogP contribution in [-0.4, -0.2) is 62.1 Å². The number of nitrogens with one attached hydrogen (secondary N) is 2. The molecule has 0 aromatic carbocycles. The van der Waals surface area contributed by atoms with Crippen LogP contribution < -0.4 is 10.6 Å². The molecule has 2 N–H and O–H groups in total. The van der Waals surface area contributed by atoms with Crippen LogP contribution in [-0.2, 0) is 14.3 Å². The Morgan fingerprint density at radius 3 is 2.65 bits per heavy atom. The molecule has 1 atom stereocenters. The number of carbonyl (C=O) groups is 2. The van der Waals surface area contributed by atoms with Gasteiger partial charge < -0.3 is 20.3 Å². The topological polar surface area (TPSA) is 70.7 Å². The predicted octanol–water partition coefficient (Wildman–Crippen LogP) is 0.520. The minimum absolute atomic E-state index is 0.0675. The highest BCUT2D eigenvalue weighted by atomic mass is 16.5. The minimum atomic E-state index is -0.697. The van der Waals surface area contributed by atoms with Gasteiger partial charge in [0.1, 0.15) is 5.60 Å². The zero-order valence-electron chi connectivity index (χ0n) is 14.1. The highest BCUT2D eigenvalue weighted by Gasteiger charge is 2.44. The summed E-state index contributed by atoms with van der Waals surface area (Å²) < 4.78 is 5.64. The molecule has 3 aliphatic rings. The minimum Gasteiger partial charge on any atom is -0.368 e. The molecule has 6 nitrogen and oxygen atoms in total. The first kappa shape index (κ1) is 16.7. The van der Waals surface area contributed by atoms with Gasteiger partial charge in [-0.15, -0.1) is 0 Å². The summed E-state index contributed by atoms with van der Waals surface area (Å²) >= 11 is 0. The van der Waals surface area contributed by atoms with E-state index in [1.165, 1.54) is 12.8 Å². The molecule has 2 heterocycles. The zero-order chi connectivity index (χ0) is 16.3. The van der Waals surface area contributed by atoms with Crippen LogP contribution in [0.1, 0.15) is 38.5 Å². The molecule has 130 valence electrons. The predicted molar refractivity (Wildman–Crippen MR) is 86.9 cm³/mol. The number of amides is 2. The van der Waals surface area contributed by atoms with E-state index in [1.807, 2.05) is 4.90 Å². The molecule has 2 amide bonds. The van der Waals surface area contributed by atoms with Crippen molar-refractivity contribution in [3.8, 4) is 0 Å². The standard InChI is InChI=1S/C17H29N3O3/c1-23-17(6-8-18-9-7-17)16(22)20-10-2-3-14(12-20)15(21)19-11-13-4-5-13/h13-14,18H,2-12H2,1H3,(H,19,21). The van der Waals surface area contributed by atoms with E-state index in [2.05, 4.69) is 10.6 Å². The summed E-state index contributed by atoms with van der Waals surface area (Å²) in [5.74, 6) is 0.807. The summed E-state index contributed by atoms with van der Waals surface area (Å²) in [6.07, 6.45) is 5.65. The van der Waals surface area contributed by atoms with Crippen molar-refractivity contribution in [3.05, 3.63) is 0 Å². The number of likely N-dealkylation sites (tertiary alicyclic amines) is 1. The van der Waals surface area contributed by atoms with Gasteiger partial charge >= 0.3 is 0 Å². The molecule has 0 spiro atoms. The first-order chi connectivity index (χ1) is 11.1. The SMILES string of the molecule is COC1(C(=O)N2CCCC(C(=O)NCC3CC3)C2)CCNCC1. The Bertz CT molecular complexity index is 444. The molecule has 0 radical (unpaired) electrons. The molecule has 2 saturated heterocycles. The van der Waals surface area contributed by atoms with Crippen molar-refractivity contribution in [3.63, 3.8) is 0 Å². The van der Waals surface area contributed by atoms with Crippen LogP contribution in [0.25, 0.3) is 0 Å². The van der Waals surface area contributed by atoms with E-state index in [0.29, 0.717) is 25.3 Å². The summed E-state index contributed by atoms with van der Waals surface area (Å²) in [5.41, 5.74) is -0.697. The lowest BCUT2D eigenvalue weighted by Crippen LogP contribution is -2.58. The number of nitrogens with zero attached hydrogens (tertiary/aromatic N) is 1. The lowest BCUT2D eigenvalue weighted by molar-refractivity contribution is -0.160. The Labute approximate surface area is 138 Å². The highest BCUT2D eigenvalue weighted by Crippen LogP contribution is 2.29. The summed E-state index contributed by atoms with van der Waals surface area (Å²) in [6.45, 7) is 3.69. The van der Waals surface area contributed by atoms with E-state index >= 15 is 0 Å². The average molecular weight is 323 g/mol. The van der Waals surface area contributed by atoms with Crippen LogP contribution in [0.2, 0.25) is 0 Å². The molecule has 0 bridgehead atoms. The van der Waals surface area contributed by atoms with Crippen LogP contribution in [0.5, 0.6) is 0 Å². The van der Waals surface area contributed by atoms with Crippen LogP contribution in [0.3, 0.4) is 0 Å². The number of rotatable bonds is 5. The second kappa shape index (κ2) is 7.18. The van der Waals surface area contributed by atoms with Crippen molar-refractivity contribution in [2.75, 3.05) is 39.8 Å². The van der Waals surface area contributed by atoms with Crippen LogP contribution >= 0.6 is 0 Å². The number of hydrogen-bond donors (Lipinski definition) is 2. The smallest absolute Gasteiger partial charge is 0.254 e. The molecule has 0 aromatic rings. The molecule has 23 heavy (non-hydrogen) atoms. The molecule has 0 aromatic heterocycles. The molecule has 1 unspecified atom stereocenters. The van der Waals surface area contributed by atoms with Gasteiger partial charge in [-0.3, -0.25) is 9.59 Å². The van der Waals surface area contributed by atoms with E-state index in [4.69, 9.17) is 4.74 Å². The molecule has 6 heteroatoms. The van der Waals surface area contributed by atoms with Gasteiger partial charge in [-0.05, 0) is 57.5 Å². The maximum absolute atomic E-state index is 13.0. The monoisotopic (exact) mass is 323 g/mol. The number of methoxy groups -OCH3 is 1. The number of hydrogen-bond acceptors (Lipinski definition) is 4. The number of carbonyl (C=O) groups excluding carboxylic acids is 2. The third kappa shape index (κ3) is 3.86. The Morgan fingerprint density at radius 1 is 1.26 bits per heavy atom. The van der Waals surface area contributed by atoms with E-state index in [9.17, 15) is 9.59 Å². The average Bonchev–Trinajstić information content (AvgIpc) is 3.44. The van der Waals surface area contributed by atoms with Crippen molar-refractivity contribution < 1.29 is 14.3 Å². The summed E-state index contributed by atoms with van der Waals surface area (Å²) in [4.78, 5) is 27.2. The maximum atomic E-state index is 13.0. The lowest BCUT2D eigenvalue weighted by atomic mass is 9.88. The first-order valence-corrected chi connectivity index (χ1v) is 8.97. The largest absolute Gasteiger partial charge is 0.368 e. The van der Waals surface area contributed by atoms with E-state index < -0.39 is 5.60 Å². The summed E-state index contributed by atoms with van der Waals surface area (Å²) in [5, 5.41) is 6.34. The molecule has 1 saturated carbocycles. The molecule has 1 aliphatic carbocycles. The van der Waals surface area contributed by atoms with E-state index in [0.717, 1.165) is 39.0 Å². The molecular weight excluding hydrogens is 294 g/mol. The third-order valence-electron chi connectivity index (χ3n) is 5.53. The van der Waals surface area contributed by atoms with Gasteiger partial charge in [0.15, 0.2) is 0 Å². The first-order valence-electron chi connectivity index (χ1n) is 8.97. The zero-order valence-corrected chi connectivity index (χ0v) is 14.1. The number of piperidine rings is 2. The fraction of sp³-hybridized carbons (Fsp3) is 0.882. The Balaban J connectivity index is 1.58. The van der Waals surface area contributed by atoms with E-state index in [-0.39, 0.29) is 17.7 Å². The van der Waals surface area contributed by atoms with Crippen molar-refractivity contribution in [1.29, 1.82) is 0 Å². The van der Waals surface area contributed by atoms with Gasteiger partial charge in [0.2, 0.25) is 5.91 Å². The molecular formula is C17H29N3O3. The van der Waals surface area contributed by atoms with Gasteiger partial charge in [0.05, 0.1) is 5.92 Å². The second-order valence-electron chi connectivity index (χ2n) is 7.23.